The number of amides is 2. The number of primary amides is 1. The fourth-order valence-electron chi connectivity index (χ4n) is 1.53. The van der Waals surface area contributed by atoms with Gasteiger partial charge >= 0.3 is 0 Å². The number of rotatable bonds is 1. The molecule has 0 unspecified atom stereocenters. The van der Waals surface area contributed by atoms with E-state index >= 15 is 0 Å². The molecular weight excluding hydrogens is 204 g/mol. The van der Waals surface area contributed by atoms with Crippen molar-refractivity contribution in [3.05, 3.63) is 29.3 Å². The Morgan fingerprint density at radius 1 is 1.50 bits per heavy atom. The van der Waals surface area contributed by atoms with Gasteiger partial charge in [-0.25, -0.2) is 0 Å². The van der Waals surface area contributed by atoms with E-state index in [0.717, 1.165) is 16.8 Å². The fraction of sp³-hybridized carbons (Fsp3) is 0.167. The van der Waals surface area contributed by atoms with E-state index in [0.29, 0.717) is 6.42 Å². The summed E-state index contributed by atoms with van der Waals surface area (Å²) in [5, 5.41) is 2.74. The Morgan fingerprint density at radius 3 is 3.06 bits per heavy atom. The summed E-state index contributed by atoms with van der Waals surface area (Å²) < 4.78 is 0. The molecule has 2 amide bonds. The molecule has 0 saturated heterocycles. The fourth-order valence-corrected chi connectivity index (χ4v) is 1.53. The summed E-state index contributed by atoms with van der Waals surface area (Å²) in [4.78, 5) is 21.6. The van der Waals surface area contributed by atoms with Crippen LogP contribution in [0.15, 0.2) is 18.2 Å². The van der Waals surface area contributed by atoms with E-state index in [9.17, 15) is 9.59 Å². The molecule has 1 heterocycles. The van der Waals surface area contributed by atoms with Crippen LogP contribution in [0.25, 0.3) is 0 Å². The second kappa shape index (κ2) is 4.07. The zero-order valence-corrected chi connectivity index (χ0v) is 8.54. The lowest BCUT2D eigenvalue weighted by atomic mass is 10.1. The van der Waals surface area contributed by atoms with Crippen molar-refractivity contribution >= 4 is 17.5 Å². The van der Waals surface area contributed by atoms with Gasteiger partial charge in [0.05, 0.1) is 12.8 Å². The van der Waals surface area contributed by atoms with Gasteiger partial charge in [0.1, 0.15) is 0 Å². The molecule has 2 rings (SSSR count). The van der Waals surface area contributed by atoms with E-state index in [2.05, 4.69) is 17.2 Å². The molecule has 0 radical (unpaired) electrons. The number of anilines is 1. The summed E-state index contributed by atoms with van der Waals surface area (Å²) in [5.41, 5.74) is 7.51. The van der Waals surface area contributed by atoms with Gasteiger partial charge in [0.2, 0.25) is 11.8 Å². The second-order valence-electron chi connectivity index (χ2n) is 3.54. The summed E-state index contributed by atoms with van der Waals surface area (Å²) >= 11 is 0. The van der Waals surface area contributed by atoms with Crippen molar-refractivity contribution in [2.75, 3.05) is 5.32 Å². The van der Waals surface area contributed by atoms with Crippen molar-refractivity contribution in [2.45, 2.75) is 12.8 Å². The summed E-state index contributed by atoms with van der Waals surface area (Å²) in [6, 6.07) is 5.49. The van der Waals surface area contributed by atoms with Crippen LogP contribution in [0.5, 0.6) is 0 Å². The number of hydrogen-bond donors (Lipinski definition) is 2. The normalized spacial score (nSPS) is 12.4. The van der Waals surface area contributed by atoms with Gasteiger partial charge in [-0.1, -0.05) is 17.9 Å². The third kappa shape index (κ3) is 2.20. The number of carbonyl (C=O) groups is 2. The molecule has 0 atom stereocenters. The van der Waals surface area contributed by atoms with Crippen LogP contribution in [0.4, 0.5) is 5.69 Å². The highest BCUT2D eigenvalue weighted by atomic mass is 16.2. The zero-order chi connectivity index (χ0) is 11.5. The Morgan fingerprint density at radius 2 is 2.31 bits per heavy atom. The molecule has 16 heavy (non-hydrogen) atoms. The highest BCUT2D eigenvalue weighted by molar-refractivity contribution is 5.99. The van der Waals surface area contributed by atoms with Crippen LogP contribution >= 0.6 is 0 Å². The summed E-state index contributed by atoms with van der Waals surface area (Å²) in [6.07, 6.45) is 0.466. The third-order valence-corrected chi connectivity index (χ3v) is 2.23. The molecule has 1 aliphatic rings. The van der Waals surface area contributed by atoms with Gasteiger partial charge in [-0.3, -0.25) is 9.59 Å². The van der Waals surface area contributed by atoms with Crippen molar-refractivity contribution in [1.82, 2.24) is 0 Å². The molecule has 4 heteroatoms. The minimum absolute atomic E-state index is 0.00255. The van der Waals surface area contributed by atoms with E-state index < -0.39 is 5.91 Å². The molecule has 0 aliphatic carbocycles. The molecule has 3 N–H and O–H groups in total. The maximum Gasteiger partial charge on any atom is 0.229 e. The van der Waals surface area contributed by atoms with E-state index in [4.69, 9.17) is 5.73 Å². The molecule has 1 aromatic rings. The van der Waals surface area contributed by atoms with Crippen molar-refractivity contribution in [3.8, 4) is 11.8 Å². The quantitative estimate of drug-likeness (QED) is 0.664. The van der Waals surface area contributed by atoms with Crippen molar-refractivity contribution in [3.63, 3.8) is 0 Å². The number of fused-ring (bicyclic) bond motifs is 1. The summed E-state index contributed by atoms with van der Waals surface area (Å²) in [7, 11) is 0. The molecule has 0 fully saturated rings. The van der Waals surface area contributed by atoms with Gasteiger partial charge in [-0.05, 0) is 17.7 Å². The number of benzene rings is 1. The van der Waals surface area contributed by atoms with Crippen molar-refractivity contribution in [1.29, 1.82) is 0 Å². The minimum Gasteiger partial charge on any atom is -0.369 e. The SMILES string of the molecule is NC(=O)CC#Cc1ccc2c(c1)NC(=O)C2. The second-order valence-corrected chi connectivity index (χ2v) is 3.54. The Labute approximate surface area is 92.8 Å². The van der Waals surface area contributed by atoms with Gasteiger partial charge in [-0.2, -0.15) is 0 Å². The number of carbonyl (C=O) groups excluding carboxylic acids is 2. The van der Waals surface area contributed by atoms with Crippen LogP contribution in [0.2, 0.25) is 0 Å². The van der Waals surface area contributed by atoms with Gasteiger partial charge in [0.25, 0.3) is 0 Å². The average Bonchev–Trinajstić information content (AvgIpc) is 2.56. The number of nitrogens with two attached hydrogens (primary N) is 1. The smallest absolute Gasteiger partial charge is 0.229 e. The first-order valence-electron chi connectivity index (χ1n) is 4.85. The third-order valence-electron chi connectivity index (χ3n) is 2.23. The Bertz CT molecular complexity index is 524. The first-order valence-corrected chi connectivity index (χ1v) is 4.85. The molecule has 4 nitrogen and oxygen atoms in total. The number of hydrogen-bond acceptors (Lipinski definition) is 2. The van der Waals surface area contributed by atoms with Crippen LogP contribution in [0.3, 0.4) is 0 Å². The average molecular weight is 214 g/mol. The van der Waals surface area contributed by atoms with Crippen LogP contribution in [0, 0.1) is 11.8 Å². The van der Waals surface area contributed by atoms with Crippen molar-refractivity contribution in [2.24, 2.45) is 5.73 Å². The standard InChI is InChI=1S/C12H10N2O2/c13-11(15)3-1-2-8-4-5-9-7-12(16)14-10(9)6-8/h4-6H,3,7H2,(H2,13,15)(H,14,16). The van der Waals surface area contributed by atoms with Gasteiger partial charge in [-0.15, -0.1) is 0 Å². The van der Waals surface area contributed by atoms with Crippen LogP contribution in [-0.2, 0) is 16.0 Å². The van der Waals surface area contributed by atoms with Crippen LogP contribution < -0.4 is 11.1 Å². The lowest BCUT2D eigenvalue weighted by Crippen LogP contribution is -2.08. The zero-order valence-electron chi connectivity index (χ0n) is 8.54. The molecule has 1 aromatic carbocycles. The predicted molar refractivity (Wildman–Crippen MR) is 59.5 cm³/mol. The van der Waals surface area contributed by atoms with Crippen molar-refractivity contribution < 1.29 is 9.59 Å². The maximum absolute atomic E-state index is 11.1. The summed E-state index contributed by atoms with van der Waals surface area (Å²) in [6.45, 7) is 0. The Balaban J connectivity index is 2.18. The molecule has 0 saturated carbocycles. The lowest BCUT2D eigenvalue weighted by Gasteiger charge is -1.97. The van der Waals surface area contributed by atoms with Gasteiger partial charge in [0.15, 0.2) is 0 Å². The van der Waals surface area contributed by atoms with E-state index in [1.165, 1.54) is 0 Å². The topological polar surface area (TPSA) is 72.2 Å². The van der Waals surface area contributed by atoms with Crippen LogP contribution in [-0.4, -0.2) is 11.8 Å². The molecular formula is C12H10N2O2. The van der Waals surface area contributed by atoms with E-state index in [1.807, 2.05) is 12.1 Å². The Kier molecular flexibility index (Phi) is 2.61. The molecule has 0 spiro atoms. The lowest BCUT2D eigenvalue weighted by molar-refractivity contribution is -0.117. The highest BCUT2D eigenvalue weighted by Crippen LogP contribution is 2.23. The first kappa shape index (κ1) is 10.2. The molecule has 0 bridgehead atoms. The van der Waals surface area contributed by atoms with Gasteiger partial charge < -0.3 is 11.1 Å². The highest BCUT2D eigenvalue weighted by Gasteiger charge is 2.16. The Hall–Kier alpha value is -2.28. The minimum atomic E-state index is -0.443. The molecule has 80 valence electrons. The first-order chi connectivity index (χ1) is 7.65. The van der Waals surface area contributed by atoms with E-state index in [1.54, 1.807) is 6.07 Å². The molecule has 1 aliphatic heterocycles. The predicted octanol–water partition coefficient (Wildman–Crippen LogP) is 0.408. The maximum atomic E-state index is 11.1. The number of nitrogens with one attached hydrogen (secondary N) is 1. The monoisotopic (exact) mass is 214 g/mol. The molecule has 0 aromatic heterocycles. The van der Waals surface area contributed by atoms with Gasteiger partial charge in [0, 0.05) is 11.3 Å². The largest absolute Gasteiger partial charge is 0.369 e. The van der Waals surface area contributed by atoms with Crippen LogP contribution in [0.1, 0.15) is 17.5 Å². The summed E-state index contributed by atoms with van der Waals surface area (Å²) in [5.74, 6) is 5.04. The van der Waals surface area contributed by atoms with E-state index in [-0.39, 0.29) is 12.3 Å².